The maximum Gasteiger partial charge on any atom is 0.305 e. The molecule has 1 aromatic heterocycles. The van der Waals surface area contributed by atoms with Crippen LogP contribution < -0.4 is 19.2 Å². The number of hydrogen-bond donors (Lipinski definition) is 2. The molecule has 0 aliphatic carbocycles. The van der Waals surface area contributed by atoms with Gasteiger partial charge in [-0.15, -0.1) is 0 Å². The van der Waals surface area contributed by atoms with E-state index < -0.39 is 17.1 Å². The molecule has 2 aromatic carbocycles. The van der Waals surface area contributed by atoms with E-state index in [1.54, 1.807) is 50.4 Å². The van der Waals surface area contributed by atoms with Crippen LogP contribution in [0.3, 0.4) is 0 Å². The Balaban J connectivity index is 1.62. The topological polar surface area (TPSA) is 109 Å². The van der Waals surface area contributed by atoms with Crippen molar-refractivity contribution in [2.75, 3.05) is 18.6 Å². The number of carbonyl (C=O) groups is 2. The summed E-state index contributed by atoms with van der Waals surface area (Å²) in [6.45, 7) is 2.16. The van der Waals surface area contributed by atoms with E-state index in [9.17, 15) is 19.5 Å². The summed E-state index contributed by atoms with van der Waals surface area (Å²) in [5.41, 5.74) is 1.16. The molecular weight excluding hydrogens is 464 g/mol. The number of phenolic OH excluding ortho intramolecular Hbond substituents is 1. The minimum atomic E-state index is -0.706. The highest BCUT2D eigenvalue weighted by atomic mass is 32.2. The third-order valence-electron chi connectivity index (χ3n) is 5.80. The van der Waals surface area contributed by atoms with E-state index in [1.165, 1.54) is 22.7 Å². The predicted octanol–water partition coefficient (Wildman–Crippen LogP) is 3.35. The lowest BCUT2D eigenvalue weighted by Crippen LogP contribution is -2.32. The van der Waals surface area contributed by atoms with Gasteiger partial charge in [0.1, 0.15) is 11.0 Å². The molecular formula is C23H20N2O6S2. The maximum atomic E-state index is 13.7. The highest BCUT2D eigenvalue weighted by molar-refractivity contribution is 8.00. The van der Waals surface area contributed by atoms with Crippen molar-refractivity contribution in [1.29, 1.82) is 0 Å². The Bertz CT molecular complexity index is 1300. The number of rotatable bonds is 5. The minimum absolute atomic E-state index is 0.0153. The molecule has 3 aromatic rings. The average molecular weight is 485 g/mol. The van der Waals surface area contributed by atoms with Gasteiger partial charge in [-0.1, -0.05) is 29.2 Å². The number of fused-ring (bicyclic) bond motifs is 2. The zero-order chi connectivity index (χ0) is 23.3. The van der Waals surface area contributed by atoms with Crippen molar-refractivity contribution < 1.29 is 24.2 Å². The lowest BCUT2D eigenvalue weighted by atomic mass is 9.83. The standard InChI is InChI=1S/C23H20N2O6S2/c1-3-31-15-10-11(4-9-14(15)26)16-17-19(32-20-18(16)33-23(29)24-20)22(28)25(21(17)27)12-5-7-13(30-2)8-6-12/h4-10,16-17,19,26H,3H2,1-2H3,(H,24,29). The van der Waals surface area contributed by atoms with Gasteiger partial charge in [0.25, 0.3) is 0 Å². The molecule has 2 aliphatic rings. The molecule has 10 heteroatoms. The Morgan fingerprint density at radius 1 is 1.09 bits per heavy atom. The number of anilines is 1. The van der Waals surface area contributed by atoms with Gasteiger partial charge in [-0.25, -0.2) is 4.90 Å². The highest BCUT2D eigenvalue weighted by Crippen LogP contribution is 2.53. The number of aromatic amines is 1. The Labute approximate surface area is 197 Å². The number of methoxy groups -OCH3 is 1. The average Bonchev–Trinajstić information content (AvgIpc) is 3.30. The molecule has 0 bridgehead atoms. The lowest BCUT2D eigenvalue weighted by molar-refractivity contribution is -0.122. The Hall–Kier alpha value is -3.24. The summed E-state index contributed by atoms with van der Waals surface area (Å²) in [6, 6.07) is 11.6. The van der Waals surface area contributed by atoms with Crippen LogP contribution >= 0.6 is 23.1 Å². The van der Waals surface area contributed by atoms with E-state index in [-0.39, 0.29) is 28.2 Å². The van der Waals surface area contributed by atoms with Crippen LogP contribution in [0.15, 0.2) is 52.3 Å². The molecule has 1 fully saturated rings. The number of thiazole rings is 1. The van der Waals surface area contributed by atoms with Crippen LogP contribution in [0.2, 0.25) is 0 Å². The molecule has 2 N–H and O–H groups in total. The summed E-state index contributed by atoms with van der Waals surface area (Å²) < 4.78 is 10.7. The van der Waals surface area contributed by atoms with Crippen molar-refractivity contribution in [3.8, 4) is 17.2 Å². The maximum absolute atomic E-state index is 13.7. The summed E-state index contributed by atoms with van der Waals surface area (Å²) in [6.07, 6.45) is 0. The first-order valence-electron chi connectivity index (χ1n) is 10.3. The molecule has 8 nitrogen and oxygen atoms in total. The second kappa shape index (κ2) is 8.27. The molecule has 0 spiro atoms. The molecule has 2 aliphatic heterocycles. The molecule has 2 amide bonds. The zero-order valence-corrected chi connectivity index (χ0v) is 19.4. The quantitative estimate of drug-likeness (QED) is 0.535. The number of thioether (sulfide) groups is 1. The number of H-pyrrole nitrogens is 1. The van der Waals surface area contributed by atoms with Gasteiger partial charge in [0.15, 0.2) is 11.5 Å². The molecule has 3 heterocycles. The van der Waals surface area contributed by atoms with Gasteiger partial charge < -0.3 is 19.6 Å². The summed E-state index contributed by atoms with van der Waals surface area (Å²) in [5, 5.41) is 10.1. The van der Waals surface area contributed by atoms with Gasteiger partial charge >= 0.3 is 4.87 Å². The number of hydrogen-bond acceptors (Lipinski definition) is 8. The fourth-order valence-electron chi connectivity index (χ4n) is 4.36. The first-order chi connectivity index (χ1) is 15.9. The molecule has 33 heavy (non-hydrogen) atoms. The molecule has 1 saturated heterocycles. The number of phenols is 1. The van der Waals surface area contributed by atoms with Crippen LogP contribution in [0.1, 0.15) is 23.3 Å². The highest BCUT2D eigenvalue weighted by Gasteiger charge is 2.56. The Morgan fingerprint density at radius 2 is 1.85 bits per heavy atom. The third kappa shape index (κ3) is 3.50. The second-order valence-electron chi connectivity index (χ2n) is 7.62. The van der Waals surface area contributed by atoms with Crippen molar-refractivity contribution in [2.24, 2.45) is 5.92 Å². The van der Waals surface area contributed by atoms with Crippen molar-refractivity contribution in [2.45, 2.75) is 23.1 Å². The SMILES string of the molecule is CCOc1cc(C2c3sc(=O)[nH]c3SC3C(=O)N(c4ccc(OC)cc4)C(=O)C32)ccc1O. The number of amides is 2. The molecule has 3 atom stereocenters. The first-order valence-corrected chi connectivity index (χ1v) is 12.0. The molecule has 170 valence electrons. The molecule has 0 saturated carbocycles. The summed E-state index contributed by atoms with van der Waals surface area (Å²) in [7, 11) is 1.55. The van der Waals surface area contributed by atoms with Gasteiger partial charge in [-0.2, -0.15) is 0 Å². The minimum Gasteiger partial charge on any atom is -0.504 e. The van der Waals surface area contributed by atoms with Crippen molar-refractivity contribution in [3.63, 3.8) is 0 Å². The van der Waals surface area contributed by atoms with Gasteiger partial charge in [0.05, 0.1) is 30.3 Å². The zero-order valence-electron chi connectivity index (χ0n) is 17.7. The summed E-state index contributed by atoms with van der Waals surface area (Å²) >= 11 is 2.26. The van der Waals surface area contributed by atoms with E-state index in [1.807, 2.05) is 0 Å². The second-order valence-corrected chi connectivity index (χ2v) is 9.79. The van der Waals surface area contributed by atoms with Crippen molar-refractivity contribution in [1.82, 2.24) is 4.98 Å². The fraction of sp³-hybridized carbons (Fsp3) is 0.261. The van der Waals surface area contributed by atoms with E-state index in [0.717, 1.165) is 11.3 Å². The normalized spacial score (nSPS) is 21.6. The number of benzene rings is 2. The number of aromatic nitrogens is 1. The lowest BCUT2D eigenvalue weighted by Gasteiger charge is -2.30. The van der Waals surface area contributed by atoms with E-state index in [4.69, 9.17) is 9.47 Å². The van der Waals surface area contributed by atoms with Crippen LogP contribution in [0.25, 0.3) is 0 Å². The van der Waals surface area contributed by atoms with Gasteiger partial charge in [0, 0.05) is 10.8 Å². The fourth-order valence-corrected chi connectivity index (χ4v) is 6.87. The van der Waals surface area contributed by atoms with Crippen LogP contribution in [-0.4, -0.2) is 40.9 Å². The number of ether oxygens (including phenoxy) is 2. The largest absolute Gasteiger partial charge is 0.504 e. The van der Waals surface area contributed by atoms with Crippen molar-refractivity contribution >= 4 is 40.6 Å². The van der Waals surface area contributed by atoms with Crippen LogP contribution in [0, 0.1) is 5.92 Å². The van der Waals surface area contributed by atoms with E-state index >= 15 is 0 Å². The van der Waals surface area contributed by atoms with Gasteiger partial charge in [-0.05, 0) is 48.9 Å². The molecule has 5 rings (SSSR count). The number of aromatic hydroxyl groups is 1. The van der Waals surface area contributed by atoms with Crippen LogP contribution in [0.5, 0.6) is 17.2 Å². The van der Waals surface area contributed by atoms with Crippen LogP contribution in [0.4, 0.5) is 5.69 Å². The third-order valence-corrected chi connectivity index (χ3v) is 8.20. The molecule has 0 radical (unpaired) electrons. The van der Waals surface area contributed by atoms with E-state index in [0.29, 0.717) is 33.5 Å². The summed E-state index contributed by atoms with van der Waals surface area (Å²) in [4.78, 5) is 43.8. The Kier molecular flexibility index (Phi) is 5.41. The Morgan fingerprint density at radius 3 is 2.55 bits per heavy atom. The smallest absolute Gasteiger partial charge is 0.305 e. The van der Waals surface area contributed by atoms with Gasteiger partial charge in [-0.3, -0.25) is 14.4 Å². The monoisotopic (exact) mass is 484 g/mol. The number of imide groups is 1. The van der Waals surface area contributed by atoms with Gasteiger partial charge in [0.2, 0.25) is 11.8 Å². The number of nitrogens with one attached hydrogen (secondary N) is 1. The van der Waals surface area contributed by atoms with Crippen molar-refractivity contribution in [3.05, 3.63) is 62.6 Å². The predicted molar refractivity (Wildman–Crippen MR) is 125 cm³/mol. The molecule has 3 unspecified atom stereocenters. The van der Waals surface area contributed by atoms with Crippen LogP contribution in [-0.2, 0) is 9.59 Å². The number of carbonyl (C=O) groups excluding carboxylic acids is 2. The first kappa shape index (κ1) is 21.6. The summed E-state index contributed by atoms with van der Waals surface area (Å²) in [5.74, 6) is -1.000. The number of nitrogens with zero attached hydrogens (tertiary/aromatic N) is 1. The van der Waals surface area contributed by atoms with E-state index in [2.05, 4.69) is 4.98 Å².